The SMILES string of the molecule is CNC(=O)C1CN(c2nc(-c3cccnc3)nc3c(OC)cc(-c4ccccc4F)cc23)C1. The summed E-state index contributed by atoms with van der Waals surface area (Å²) in [7, 11) is 3.20. The van der Waals surface area contributed by atoms with E-state index in [1.54, 1.807) is 50.8 Å². The number of nitrogens with zero attached hydrogens (tertiary/aromatic N) is 4. The summed E-state index contributed by atoms with van der Waals surface area (Å²) in [4.78, 5) is 27.9. The number of fused-ring (bicyclic) bond motifs is 1. The van der Waals surface area contributed by atoms with Gasteiger partial charge in [0.25, 0.3) is 0 Å². The van der Waals surface area contributed by atoms with Crippen LogP contribution in [0.15, 0.2) is 60.9 Å². The lowest BCUT2D eigenvalue weighted by molar-refractivity contribution is -0.125. The Labute approximate surface area is 190 Å². The first-order valence-electron chi connectivity index (χ1n) is 10.6. The van der Waals surface area contributed by atoms with Crippen LogP contribution >= 0.6 is 0 Å². The molecule has 0 spiro atoms. The lowest BCUT2D eigenvalue weighted by atomic mass is 9.97. The van der Waals surface area contributed by atoms with Crippen molar-refractivity contribution in [1.29, 1.82) is 0 Å². The van der Waals surface area contributed by atoms with Crippen molar-refractivity contribution >= 4 is 22.6 Å². The van der Waals surface area contributed by atoms with E-state index in [2.05, 4.69) is 10.3 Å². The average Bonchev–Trinajstić information content (AvgIpc) is 2.83. The van der Waals surface area contributed by atoms with Crippen molar-refractivity contribution in [3.8, 4) is 28.3 Å². The van der Waals surface area contributed by atoms with Gasteiger partial charge in [0.2, 0.25) is 5.91 Å². The second-order valence-electron chi connectivity index (χ2n) is 7.88. The highest BCUT2D eigenvalue weighted by Crippen LogP contribution is 2.39. The Morgan fingerprint density at radius 1 is 1.12 bits per heavy atom. The summed E-state index contributed by atoms with van der Waals surface area (Å²) in [6.45, 7) is 1.06. The number of benzene rings is 2. The van der Waals surface area contributed by atoms with E-state index < -0.39 is 0 Å². The van der Waals surface area contributed by atoms with Crippen LogP contribution < -0.4 is 15.0 Å². The highest BCUT2D eigenvalue weighted by atomic mass is 19.1. The molecule has 0 atom stereocenters. The molecular weight excluding hydrogens is 421 g/mol. The molecule has 1 aliphatic rings. The van der Waals surface area contributed by atoms with E-state index >= 15 is 0 Å². The fraction of sp³-hybridized carbons (Fsp3) is 0.200. The van der Waals surface area contributed by atoms with Gasteiger partial charge in [-0.2, -0.15) is 0 Å². The van der Waals surface area contributed by atoms with Crippen molar-refractivity contribution in [2.75, 3.05) is 32.1 Å². The van der Waals surface area contributed by atoms with Crippen LogP contribution in [0.3, 0.4) is 0 Å². The number of carbonyl (C=O) groups is 1. The Morgan fingerprint density at radius 3 is 2.64 bits per heavy atom. The zero-order valence-corrected chi connectivity index (χ0v) is 18.2. The molecule has 0 aliphatic carbocycles. The van der Waals surface area contributed by atoms with Gasteiger partial charge in [0.15, 0.2) is 5.82 Å². The zero-order chi connectivity index (χ0) is 22.9. The number of hydrogen-bond donors (Lipinski definition) is 1. The van der Waals surface area contributed by atoms with E-state index in [4.69, 9.17) is 14.7 Å². The first-order chi connectivity index (χ1) is 16.1. The second kappa shape index (κ2) is 8.46. The normalized spacial score (nSPS) is 13.6. The molecule has 0 unspecified atom stereocenters. The highest BCUT2D eigenvalue weighted by Gasteiger charge is 2.34. The molecule has 3 heterocycles. The Kier molecular flexibility index (Phi) is 5.34. The van der Waals surface area contributed by atoms with Crippen molar-refractivity contribution in [2.24, 2.45) is 5.92 Å². The lowest BCUT2D eigenvalue weighted by Gasteiger charge is -2.39. The number of rotatable bonds is 5. The Hall–Kier alpha value is -4.07. The van der Waals surface area contributed by atoms with Gasteiger partial charge in [0.05, 0.1) is 13.0 Å². The molecule has 1 saturated heterocycles. The van der Waals surface area contributed by atoms with Gasteiger partial charge >= 0.3 is 0 Å². The molecular formula is C25H22FN5O2. The van der Waals surface area contributed by atoms with Crippen molar-refractivity contribution in [2.45, 2.75) is 0 Å². The number of methoxy groups -OCH3 is 1. The third kappa shape index (κ3) is 3.73. The maximum Gasteiger partial charge on any atom is 0.226 e. The van der Waals surface area contributed by atoms with Crippen LogP contribution in [0.2, 0.25) is 0 Å². The molecule has 0 radical (unpaired) electrons. The number of aromatic nitrogens is 3. The van der Waals surface area contributed by atoms with Gasteiger partial charge in [-0.3, -0.25) is 9.78 Å². The smallest absolute Gasteiger partial charge is 0.226 e. The topological polar surface area (TPSA) is 80.2 Å². The summed E-state index contributed by atoms with van der Waals surface area (Å²) in [5, 5.41) is 3.43. The minimum atomic E-state index is -0.322. The van der Waals surface area contributed by atoms with Crippen LogP contribution in [0.1, 0.15) is 0 Å². The number of carbonyl (C=O) groups excluding carboxylic acids is 1. The molecule has 1 aliphatic heterocycles. The number of hydrogen-bond acceptors (Lipinski definition) is 6. The average molecular weight is 443 g/mol. The molecule has 1 N–H and O–H groups in total. The molecule has 166 valence electrons. The van der Waals surface area contributed by atoms with Gasteiger partial charge in [0.1, 0.15) is 22.9 Å². The Balaban J connectivity index is 1.71. The van der Waals surface area contributed by atoms with E-state index in [0.717, 1.165) is 10.9 Å². The van der Waals surface area contributed by atoms with Gasteiger partial charge in [-0.25, -0.2) is 14.4 Å². The molecule has 2 aromatic heterocycles. The van der Waals surface area contributed by atoms with Crippen LogP contribution in [0.4, 0.5) is 10.2 Å². The van der Waals surface area contributed by atoms with Crippen LogP contribution in [0.5, 0.6) is 5.75 Å². The number of amides is 1. The molecule has 33 heavy (non-hydrogen) atoms. The van der Waals surface area contributed by atoms with Gasteiger partial charge < -0.3 is 15.0 Å². The van der Waals surface area contributed by atoms with Crippen LogP contribution in [0.25, 0.3) is 33.4 Å². The van der Waals surface area contributed by atoms with E-state index in [1.165, 1.54) is 6.07 Å². The van der Waals surface area contributed by atoms with Crippen LogP contribution in [-0.2, 0) is 4.79 Å². The maximum atomic E-state index is 14.6. The molecule has 7 nitrogen and oxygen atoms in total. The number of anilines is 1. The van der Waals surface area contributed by atoms with Gasteiger partial charge in [-0.15, -0.1) is 0 Å². The van der Waals surface area contributed by atoms with Gasteiger partial charge in [-0.05, 0) is 35.9 Å². The number of pyridine rings is 1. The molecule has 8 heteroatoms. The third-order valence-electron chi connectivity index (χ3n) is 5.87. The summed E-state index contributed by atoms with van der Waals surface area (Å²) in [6.07, 6.45) is 3.39. The summed E-state index contributed by atoms with van der Waals surface area (Å²) < 4.78 is 20.3. The van der Waals surface area contributed by atoms with Crippen LogP contribution in [0, 0.1) is 11.7 Å². The van der Waals surface area contributed by atoms with Crippen molar-refractivity contribution < 1.29 is 13.9 Å². The quantitative estimate of drug-likeness (QED) is 0.507. The summed E-state index contributed by atoms with van der Waals surface area (Å²) in [5.74, 6) is 1.27. The fourth-order valence-corrected chi connectivity index (χ4v) is 4.08. The van der Waals surface area contributed by atoms with Crippen molar-refractivity contribution in [1.82, 2.24) is 20.3 Å². The largest absolute Gasteiger partial charge is 0.494 e. The first kappa shape index (κ1) is 20.8. The predicted octanol–water partition coefficient (Wildman–Crippen LogP) is 3.69. The Bertz CT molecular complexity index is 1340. The number of nitrogens with one attached hydrogen (secondary N) is 1. The summed E-state index contributed by atoms with van der Waals surface area (Å²) >= 11 is 0. The van der Waals surface area contributed by atoms with Gasteiger partial charge in [-0.1, -0.05) is 18.2 Å². The third-order valence-corrected chi connectivity index (χ3v) is 5.87. The fourth-order valence-electron chi connectivity index (χ4n) is 4.08. The van der Waals surface area contributed by atoms with E-state index in [0.29, 0.717) is 47.1 Å². The van der Waals surface area contributed by atoms with E-state index in [1.807, 2.05) is 23.1 Å². The number of ether oxygens (including phenoxy) is 1. The molecule has 0 bridgehead atoms. The molecule has 4 aromatic rings. The minimum Gasteiger partial charge on any atom is -0.494 e. The number of halogens is 1. The molecule has 2 aromatic carbocycles. The van der Waals surface area contributed by atoms with E-state index in [9.17, 15) is 9.18 Å². The Morgan fingerprint density at radius 2 is 1.94 bits per heavy atom. The molecule has 1 amide bonds. The van der Waals surface area contributed by atoms with E-state index in [-0.39, 0.29) is 17.6 Å². The second-order valence-corrected chi connectivity index (χ2v) is 7.88. The zero-order valence-electron chi connectivity index (χ0n) is 18.2. The van der Waals surface area contributed by atoms with Gasteiger partial charge in [0, 0.05) is 49.0 Å². The molecule has 5 rings (SSSR count). The predicted molar refractivity (Wildman–Crippen MR) is 124 cm³/mol. The minimum absolute atomic E-state index is 0.00159. The molecule has 1 fully saturated rings. The monoisotopic (exact) mass is 443 g/mol. The maximum absolute atomic E-state index is 14.6. The van der Waals surface area contributed by atoms with Crippen LogP contribution in [-0.4, -0.2) is 48.1 Å². The first-order valence-corrected chi connectivity index (χ1v) is 10.6. The van der Waals surface area contributed by atoms with Crippen molar-refractivity contribution in [3.05, 3.63) is 66.7 Å². The van der Waals surface area contributed by atoms with Crippen molar-refractivity contribution in [3.63, 3.8) is 0 Å². The summed E-state index contributed by atoms with van der Waals surface area (Å²) in [6, 6.07) is 14.0. The molecule has 0 saturated carbocycles. The summed E-state index contributed by atoms with van der Waals surface area (Å²) in [5.41, 5.74) is 2.51. The lowest BCUT2D eigenvalue weighted by Crippen LogP contribution is -2.53. The standard InChI is InChI=1S/C25H22FN5O2/c1-27-25(32)17-13-31(14-17)24-19-10-16(18-7-3-4-8-20(18)26)11-21(33-2)22(19)29-23(30-24)15-6-5-9-28-12-15/h3-12,17H,13-14H2,1-2H3,(H,27,32). The highest BCUT2D eigenvalue weighted by molar-refractivity contribution is 5.99.